The van der Waals surface area contributed by atoms with Crippen LogP contribution in [0.4, 0.5) is 5.82 Å². The molecule has 9 heteroatoms. The van der Waals surface area contributed by atoms with Crippen LogP contribution in [0.1, 0.15) is 40.8 Å². The summed E-state index contributed by atoms with van der Waals surface area (Å²) in [6, 6.07) is 13.9. The van der Waals surface area contributed by atoms with Gasteiger partial charge in [0.2, 0.25) is 5.91 Å². The predicted octanol–water partition coefficient (Wildman–Crippen LogP) is 2.18. The highest BCUT2D eigenvalue weighted by atomic mass is 32.2. The van der Waals surface area contributed by atoms with Crippen molar-refractivity contribution in [2.45, 2.75) is 36.1 Å². The van der Waals surface area contributed by atoms with E-state index in [1.54, 1.807) is 0 Å². The Morgan fingerprint density at radius 1 is 1.30 bits per heavy atom. The number of aromatic nitrogens is 1. The lowest BCUT2D eigenvalue weighted by molar-refractivity contribution is -0.117. The van der Waals surface area contributed by atoms with Gasteiger partial charge in [0, 0.05) is 32.7 Å². The van der Waals surface area contributed by atoms with Crippen LogP contribution in [0.25, 0.3) is 0 Å². The van der Waals surface area contributed by atoms with Crippen LogP contribution < -0.4 is 16.4 Å². The van der Waals surface area contributed by atoms with Crippen LogP contribution in [0.2, 0.25) is 0 Å². The highest BCUT2D eigenvalue weighted by Gasteiger charge is 2.27. The van der Waals surface area contributed by atoms with Gasteiger partial charge in [-0.05, 0) is 30.5 Å². The molecule has 1 unspecified atom stereocenters. The number of benzene rings is 1. The molecule has 3 rings (SSSR count). The number of thioether (sulfide) groups is 1. The largest absolute Gasteiger partial charge is 0.368 e. The van der Waals surface area contributed by atoms with E-state index in [9.17, 15) is 15.3 Å². The second kappa shape index (κ2) is 11.2. The third-order valence-electron chi connectivity index (χ3n) is 5.84. The van der Waals surface area contributed by atoms with Crippen molar-refractivity contribution in [3.05, 3.63) is 52.6 Å². The third kappa shape index (κ3) is 5.63. The van der Waals surface area contributed by atoms with Gasteiger partial charge < -0.3 is 16.4 Å². The van der Waals surface area contributed by atoms with E-state index in [1.807, 2.05) is 49.2 Å². The average Bonchev–Trinajstić information content (AvgIpc) is 3.25. The maximum Gasteiger partial charge on any atom is 0.235 e. The van der Waals surface area contributed by atoms with Crippen LogP contribution in [0, 0.1) is 22.7 Å². The molecule has 1 saturated heterocycles. The first kappa shape index (κ1) is 24.5. The normalized spacial score (nSPS) is 16.7. The zero-order chi connectivity index (χ0) is 24.0. The lowest BCUT2D eigenvalue weighted by Crippen LogP contribution is -2.34. The summed E-state index contributed by atoms with van der Waals surface area (Å²) in [5.74, 6) is -0.00444. The number of pyridine rings is 1. The summed E-state index contributed by atoms with van der Waals surface area (Å²) >= 11 is 1.15. The van der Waals surface area contributed by atoms with Gasteiger partial charge in [-0.25, -0.2) is 4.98 Å². The van der Waals surface area contributed by atoms with Crippen molar-refractivity contribution < 1.29 is 4.79 Å². The van der Waals surface area contributed by atoms with Crippen LogP contribution in [0.5, 0.6) is 0 Å². The summed E-state index contributed by atoms with van der Waals surface area (Å²) in [6.45, 7) is 5.18. The zero-order valence-corrected chi connectivity index (χ0v) is 19.8. The molecule has 0 bridgehead atoms. The molecule has 2 aromatic rings. The second-order valence-corrected chi connectivity index (χ2v) is 9.22. The number of nitriles is 2. The van der Waals surface area contributed by atoms with Gasteiger partial charge in [0.25, 0.3) is 0 Å². The molecular weight excluding hydrogens is 434 g/mol. The van der Waals surface area contributed by atoms with Gasteiger partial charge in [-0.1, -0.05) is 49.0 Å². The van der Waals surface area contributed by atoms with Crippen molar-refractivity contribution in [3.63, 3.8) is 0 Å². The number of rotatable bonds is 9. The number of nitrogens with two attached hydrogens (primary N) is 2. The van der Waals surface area contributed by atoms with E-state index >= 15 is 0 Å². The Kier molecular flexibility index (Phi) is 8.29. The van der Waals surface area contributed by atoms with Gasteiger partial charge in [0.05, 0.1) is 11.1 Å². The number of hydrogen-bond donors (Lipinski definition) is 2. The molecule has 0 saturated carbocycles. The number of primary amides is 1. The number of nitrogens with zero attached hydrogens (tertiary/aromatic N) is 5. The van der Waals surface area contributed by atoms with Gasteiger partial charge in [0.15, 0.2) is 0 Å². The minimum absolute atomic E-state index is 0.205. The van der Waals surface area contributed by atoms with Crippen molar-refractivity contribution in [2.24, 2.45) is 11.5 Å². The summed E-state index contributed by atoms with van der Waals surface area (Å²) in [5.41, 5.74) is 13.8. The fourth-order valence-electron chi connectivity index (χ4n) is 4.04. The first-order chi connectivity index (χ1) is 15.9. The maximum atomic E-state index is 12.3. The minimum Gasteiger partial charge on any atom is -0.368 e. The Morgan fingerprint density at radius 3 is 2.55 bits per heavy atom. The summed E-state index contributed by atoms with van der Waals surface area (Å²) in [5, 5.41) is 19.5. The molecule has 1 aliphatic rings. The van der Waals surface area contributed by atoms with Crippen LogP contribution in [0.3, 0.4) is 0 Å². The maximum absolute atomic E-state index is 12.3. The molecule has 0 radical (unpaired) electrons. The molecule has 1 amide bonds. The van der Waals surface area contributed by atoms with E-state index in [0.717, 1.165) is 43.4 Å². The Hall–Kier alpha value is -3.11. The van der Waals surface area contributed by atoms with Crippen LogP contribution in [-0.4, -0.2) is 55.1 Å². The predicted molar refractivity (Wildman–Crippen MR) is 130 cm³/mol. The summed E-state index contributed by atoms with van der Waals surface area (Å²) in [7, 11) is 1.89. The topological polar surface area (TPSA) is 136 Å². The third-order valence-corrected chi connectivity index (χ3v) is 7.10. The average molecular weight is 464 g/mol. The SMILES string of the molecule is CCc1c(C#N)c(SC(C(N)=O)c2ccccc2)nc(N(C)CCN2CC[C@@H](N)C2)c1C#N. The number of anilines is 1. The smallest absolute Gasteiger partial charge is 0.235 e. The lowest BCUT2D eigenvalue weighted by Gasteiger charge is -2.25. The molecule has 2 heterocycles. The molecule has 33 heavy (non-hydrogen) atoms. The Labute approximate surface area is 199 Å². The van der Waals surface area contributed by atoms with Crippen molar-refractivity contribution in [1.82, 2.24) is 9.88 Å². The summed E-state index contributed by atoms with van der Waals surface area (Å²) in [6.07, 6.45) is 1.48. The molecule has 1 aromatic carbocycles. The number of likely N-dealkylation sites (tertiary alicyclic amines) is 1. The van der Waals surface area contributed by atoms with E-state index in [1.165, 1.54) is 0 Å². The van der Waals surface area contributed by atoms with Crippen LogP contribution >= 0.6 is 11.8 Å². The Bertz CT molecular complexity index is 1080. The van der Waals surface area contributed by atoms with Crippen molar-refractivity contribution in [2.75, 3.05) is 38.1 Å². The monoisotopic (exact) mass is 463 g/mol. The van der Waals surface area contributed by atoms with Crippen LogP contribution in [-0.2, 0) is 11.2 Å². The van der Waals surface area contributed by atoms with Gasteiger partial charge in [-0.3, -0.25) is 9.69 Å². The molecule has 172 valence electrons. The quantitative estimate of drug-likeness (QED) is 0.540. The van der Waals surface area contributed by atoms with E-state index < -0.39 is 11.2 Å². The number of amides is 1. The molecule has 1 aliphatic heterocycles. The Balaban J connectivity index is 1.98. The number of carbonyl (C=O) groups is 1. The first-order valence-electron chi connectivity index (χ1n) is 11.0. The highest BCUT2D eigenvalue weighted by molar-refractivity contribution is 8.00. The van der Waals surface area contributed by atoms with Crippen molar-refractivity contribution >= 4 is 23.5 Å². The fraction of sp³-hybridized carbons (Fsp3) is 0.417. The molecular formula is C24H29N7OS. The van der Waals surface area contributed by atoms with E-state index in [2.05, 4.69) is 17.0 Å². The Morgan fingerprint density at radius 2 is 2.00 bits per heavy atom. The minimum atomic E-state index is -0.701. The highest BCUT2D eigenvalue weighted by Crippen LogP contribution is 2.39. The molecule has 0 spiro atoms. The van der Waals surface area contributed by atoms with Crippen LogP contribution in [0.15, 0.2) is 35.4 Å². The zero-order valence-electron chi connectivity index (χ0n) is 19.0. The standard InChI is InChI=1S/C24H29N7OS/c1-3-18-19(13-25)23(30(2)11-12-31-10-9-17(27)15-31)29-24(20(18)14-26)33-21(22(28)32)16-7-5-4-6-8-16/h4-8,17,21H,3,9-12,15,27H2,1-2H3,(H2,28,32)/t17-,21?/m1/s1. The lowest BCUT2D eigenvalue weighted by atomic mass is 10.0. The number of likely N-dealkylation sites (N-methyl/N-ethyl adjacent to an activating group) is 1. The van der Waals surface area contributed by atoms with Gasteiger partial charge >= 0.3 is 0 Å². The molecule has 8 nitrogen and oxygen atoms in total. The van der Waals surface area contributed by atoms with E-state index in [-0.39, 0.29) is 6.04 Å². The van der Waals surface area contributed by atoms with E-state index in [4.69, 9.17) is 16.5 Å². The summed E-state index contributed by atoms with van der Waals surface area (Å²) < 4.78 is 0. The molecule has 1 fully saturated rings. The fourth-order valence-corrected chi connectivity index (χ4v) is 5.10. The second-order valence-electron chi connectivity index (χ2n) is 8.13. The molecule has 0 aliphatic carbocycles. The number of carbonyl (C=O) groups excluding carboxylic acids is 1. The molecule has 2 atom stereocenters. The van der Waals surface area contributed by atoms with Gasteiger partial charge in [-0.2, -0.15) is 10.5 Å². The molecule has 1 aromatic heterocycles. The molecule has 4 N–H and O–H groups in total. The first-order valence-corrected chi connectivity index (χ1v) is 11.8. The summed E-state index contributed by atoms with van der Waals surface area (Å²) in [4.78, 5) is 21.2. The van der Waals surface area contributed by atoms with Crippen molar-refractivity contribution in [1.29, 1.82) is 10.5 Å². The van der Waals surface area contributed by atoms with Crippen molar-refractivity contribution in [3.8, 4) is 12.1 Å². The number of hydrogen-bond acceptors (Lipinski definition) is 8. The van der Waals surface area contributed by atoms with E-state index in [0.29, 0.717) is 40.5 Å². The van der Waals surface area contributed by atoms with Gasteiger partial charge in [-0.15, -0.1) is 0 Å². The van der Waals surface area contributed by atoms with Gasteiger partial charge in [0.1, 0.15) is 28.2 Å².